The summed E-state index contributed by atoms with van der Waals surface area (Å²) >= 11 is 3.45. The number of esters is 1. The number of carbonyl (C=O) groups excluding carboxylic acids is 1. The van der Waals surface area contributed by atoms with Gasteiger partial charge < -0.3 is 14.5 Å². The molecule has 0 saturated heterocycles. The predicted molar refractivity (Wildman–Crippen MR) is 162 cm³/mol. The van der Waals surface area contributed by atoms with E-state index in [9.17, 15) is 31.1 Å². The summed E-state index contributed by atoms with van der Waals surface area (Å²) in [6.45, 7) is 5.10. The van der Waals surface area contributed by atoms with Gasteiger partial charge >= 0.3 is 18.3 Å². The summed E-state index contributed by atoms with van der Waals surface area (Å²) in [6.07, 6.45) is -4.23. The maximum Gasteiger partial charge on any atom is 0.416 e. The van der Waals surface area contributed by atoms with Gasteiger partial charge in [0.05, 0.1) is 31.3 Å². The van der Waals surface area contributed by atoms with Gasteiger partial charge in [0.2, 0.25) is 0 Å². The summed E-state index contributed by atoms with van der Waals surface area (Å²) in [6, 6.07) is 3.33. The number of halogens is 7. The Morgan fingerprint density at radius 2 is 1.59 bits per heavy atom. The van der Waals surface area contributed by atoms with Crippen LogP contribution in [0, 0.1) is 11.8 Å². The fourth-order valence-corrected chi connectivity index (χ4v) is 6.14. The average Bonchev–Trinajstić information content (AvgIpc) is 3.42. The summed E-state index contributed by atoms with van der Waals surface area (Å²) in [7, 11) is 1.51. The number of ether oxygens (including phenoxy) is 1. The van der Waals surface area contributed by atoms with Crippen LogP contribution in [0.3, 0.4) is 0 Å². The Morgan fingerprint density at radius 3 is 2.13 bits per heavy atom. The number of benzene rings is 1. The van der Waals surface area contributed by atoms with Crippen molar-refractivity contribution in [1.82, 2.24) is 25.2 Å². The highest BCUT2D eigenvalue weighted by molar-refractivity contribution is 9.10. The molecule has 9 nitrogen and oxygen atoms in total. The quantitative estimate of drug-likeness (QED) is 0.144. The molecule has 0 unspecified atom stereocenters. The molecule has 1 aliphatic rings. The first kappa shape index (κ1) is 35.4. The minimum Gasteiger partial charge on any atom is -0.466 e. The zero-order valence-corrected chi connectivity index (χ0v) is 27.3. The standard InChI is InChI=1S/C30H36BrF6N7O2/c1-4-43(16-20-8-6-19(7-9-20)12-26(45)46-5-2)27-22(13-25(31)15-38-27)18-44(28-39-41-42(3)40-28)17-21-10-23(29(32,33)34)14-24(11-21)30(35,36)37/h10-11,13-15,19-20H,4-9,12,16-18H2,1-3H3. The topological polar surface area (TPSA) is 89.3 Å². The van der Waals surface area contributed by atoms with Crippen molar-refractivity contribution < 1.29 is 35.9 Å². The normalized spacial score (nSPS) is 17.2. The smallest absolute Gasteiger partial charge is 0.416 e. The summed E-state index contributed by atoms with van der Waals surface area (Å²) < 4.78 is 87.4. The van der Waals surface area contributed by atoms with Crippen LogP contribution >= 0.6 is 15.9 Å². The monoisotopic (exact) mass is 719 g/mol. The Hall–Kier alpha value is -3.43. The van der Waals surface area contributed by atoms with Crippen molar-refractivity contribution in [2.45, 2.75) is 71.4 Å². The van der Waals surface area contributed by atoms with Gasteiger partial charge in [-0.2, -0.15) is 31.1 Å². The second kappa shape index (κ2) is 15.0. The summed E-state index contributed by atoms with van der Waals surface area (Å²) in [5.41, 5.74) is -2.35. The van der Waals surface area contributed by atoms with Crippen LogP contribution in [0.15, 0.2) is 34.9 Å². The van der Waals surface area contributed by atoms with Crippen LogP contribution in [0.4, 0.5) is 38.1 Å². The Bertz CT molecular complexity index is 1440. The molecule has 3 aromatic rings. The van der Waals surface area contributed by atoms with Gasteiger partial charge in [-0.3, -0.25) is 4.79 Å². The van der Waals surface area contributed by atoms with Crippen molar-refractivity contribution in [3.05, 3.63) is 57.2 Å². The van der Waals surface area contributed by atoms with Crippen molar-refractivity contribution in [3.63, 3.8) is 0 Å². The molecule has 0 radical (unpaired) electrons. The molecule has 46 heavy (non-hydrogen) atoms. The molecule has 16 heteroatoms. The molecule has 1 fully saturated rings. The number of hydrogen-bond acceptors (Lipinski definition) is 8. The van der Waals surface area contributed by atoms with Gasteiger partial charge in [0.25, 0.3) is 5.95 Å². The molecule has 1 aromatic carbocycles. The van der Waals surface area contributed by atoms with Gasteiger partial charge in [-0.1, -0.05) is 5.10 Å². The van der Waals surface area contributed by atoms with E-state index >= 15 is 0 Å². The lowest BCUT2D eigenvalue weighted by molar-refractivity contribution is -0.145. The van der Waals surface area contributed by atoms with Crippen LogP contribution in [0.1, 0.15) is 68.2 Å². The van der Waals surface area contributed by atoms with Crippen LogP contribution in [0.2, 0.25) is 0 Å². The Kier molecular flexibility index (Phi) is 11.5. The van der Waals surface area contributed by atoms with Gasteiger partial charge in [-0.15, -0.1) is 5.10 Å². The third-order valence-corrected chi connectivity index (χ3v) is 8.39. The van der Waals surface area contributed by atoms with E-state index in [4.69, 9.17) is 4.74 Å². The molecule has 0 N–H and O–H groups in total. The number of tetrazole rings is 1. The molecular formula is C30H36BrF6N7O2. The lowest BCUT2D eigenvalue weighted by Crippen LogP contribution is -2.34. The van der Waals surface area contributed by atoms with E-state index < -0.39 is 23.5 Å². The zero-order valence-electron chi connectivity index (χ0n) is 25.7. The molecule has 2 heterocycles. The molecule has 1 aliphatic carbocycles. The van der Waals surface area contributed by atoms with Crippen molar-refractivity contribution in [1.29, 1.82) is 0 Å². The predicted octanol–water partition coefficient (Wildman–Crippen LogP) is 7.20. The van der Waals surface area contributed by atoms with Gasteiger partial charge in [-0.25, -0.2) is 4.98 Å². The molecule has 4 rings (SSSR count). The van der Waals surface area contributed by atoms with E-state index in [1.165, 1.54) is 11.9 Å². The van der Waals surface area contributed by atoms with Crippen LogP contribution in [0.25, 0.3) is 0 Å². The first-order chi connectivity index (χ1) is 21.7. The molecule has 2 aromatic heterocycles. The maximum atomic E-state index is 13.6. The third kappa shape index (κ3) is 9.55. The van der Waals surface area contributed by atoms with Crippen LogP contribution in [-0.2, 0) is 42.0 Å². The maximum absolute atomic E-state index is 13.6. The van der Waals surface area contributed by atoms with Gasteiger partial charge in [0.1, 0.15) is 5.82 Å². The fraction of sp³-hybridized carbons (Fsp3) is 0.567. The molecule has 252 valence electrons. The van der Waals surface area contributed by atoms with Crippen LogP contribution in [-0.4, -0.2) is 50.9 Å². The number of aryl methyl sites for hydroxylation is 1. The van der Waals surface area contributed by atoms with Gasteiger partial charge in [0, 0.05) is 42.3 Å². The van der Waals surface area contributed by atoms with Crippen LogP contribution in [0.5, 0.6) is 0 Å². The van der Waals surface area contributed by atoms with Crippen molar-refractivity contribution >= 4 is 33.7 Å². The van der Waals surface area contributed by atoms with E-state index in [1.807, 2.05) is 13.0 Å². The minimum absolute atomic E-state index is 0.0217. The fourth-order valence-electron chi connectivity index (χ4n) is 5.76. The molecular weight excluding hydrogens is 684 g/mol. The second-order valence-electron chi connectivity index (χ2n) is 11.4. The highest BCUT2D eigenvalue weighted by Gasteiger charge is 2.37. The van der Waals surface area contributed by atoms with Gasteiger partial charge in [0.15, 0.2) is 0 Å². The van der Waals surface area contributed by atoms with E-state index in [0.29, 0.717) is 60.0 Å². The molecule has 0 bridgehead atoms. The van der Waals surface area contributed by atoms with Crippen molar-refractivity contribution in [2.75, 3.05) is 29.5 Å². The molecule has 0 atom stereocenters. The number of rotatable bonds is 12. The number of carbonyl (C=O) groups is 1. The van der Waals surface area contributed by atoms with Crippen LogP contribution < -0.4 is 9.80 Å². The number of nitrogens with zero attached hydrogens (tertiary/aromatic N) is 7. The molecule has 1 saturated carbocycles. The largest absolute Gasteiger partial charge is 0.466 e. The summed E-state index contributed by atoms with van der Waals surface area (Å²) in [5, 5.41) is 12.0. The van der Waals surface area contributed by atoms with E-state index in [1.54, 1.807) is 13.1 Å². The van der Waals surface area contributed by atoms with Crippen molar-refractivity contribution in [2.24, 2.45) is 18.9 Å². The lowest BCUT2D eigenvalue weighted by Gasteiger charge is -2.34. The minimum atomic E-state index is -4.98. The summed E-state index contributed by atoms with van der Waals surface area (Å²) in [4.78, 5) is 21.4. The zero-order chi connectivity index (χ0) is 33.6. The number of hydrogen-bond donors (Lipinski definition) is 0. The van der Waals surface area contributed by atoms with Crippen molar-refractivity contribution in [3.8, 4) is 0 Å². The second-order valence-corrected chi connectivity index (χ2v) is 12.3. The summed E-state index contributed by atoms with van der Waals surface area (Å²) in [5.74, 6) is 1.12. The average molecular weight is 721 g/mol. The number of aromatic nitrogens is 5. The number of anilines is 2. The molecule has 0 spiro atoms. The highest BCUT2D eigenvalue weighted by atomic mass is 79.9. The highest BCUT2D eigenvalue weighted by Crippen LogP contribution is 2.37. The van der Waals surface area contributed by atoms with E-state index in [-0.39, 0.29) is 42.6 Å². The van der Waals surface area contributed by atoms with E-state index in [2.05, 4.69) is 41.2 Å². The third-order valence-electron chi connectivity index (χ3n) is 7.96. The Morgan fingerprint density at radius 1 is 0.957 bits per heavy atom. The first-order valence-electron chi connectivity index (χ1n) is 15.0. The number of pyridine rings is 1. The number of alkyl halides is 6. The molecule has 0 amide bonds. The Labute approximate surface area is 271 Å². The first-order valence-corrected chi connectivity index (χ1v) is 15.8. The van der Waals surface area contributed by atoms with E-state index in [0.717, 1.165) is 30.5 Å². The van der Waals surface area contributed by atoms with Gasteiger partial charge in [-0.05, 0) is 102 Å². The molecule has 0 aliphatic heterocycles. The lowest BCUT2D eigenvalue weighted by atomic mass is 9.80. The Balaban J connectivity index is 1.60. The SMILES string of the molecule is CCOC(=O)CC1CCC(CN(CC)c2ncc(Br)cc2CN(Cc2cc(C(F)(F)F)cc(C(F)(F)F)c2)c2nnn(C)n2)CC1.